The topological polar surface area (TPSA) is 46.6 Å². The lowest BCUT2D eigenvalue weighted by Gasteiger charge is -2.24. The third-order valence-electron chi connectivity index (χ3n) is 3.92. The first-order chi connectivity index (χ1) is 12.8. The van der Waals surface area contributed by atoms with E-state index in [1.165, 1.54) is 0 Å². The van der Waals surface area contributed by atoms with Crippen LogP contribution in [0.2, 0.25) is 10.0 Å². The van der Waals surface area contributed by atoms with Crippen molar-refractivity contribution in [3.05, 3.63) is 63.6 Å². The fourth-order valence-corrected chi connectivity index (χ4v) is 3.06. The van der Waals surface area contributed by atoms with Crippen molar-refractivity contribution >= 4 is 40.8 Å². The summed E-state index contributed by atoms with van der Waals surface area (Å²) in [5, 5.41) is 1.05. The Labute approximate surface area is 170 Å². The number of hydrogen-bond acceptors (Lipinski definition) is 3. The highest BCUT2D eigenvalue weighted by Crippen LogP contribution is 2.26. The van der Waals surface area contributed by atoms with Gasteiger partial charge < -0.3 is 9.64 Å². The molecule has 2 aromatic rings. The molecule has 6 heteroatoms. The zero-order chi connectivity index (χ0) is 20.0. The second kappa shape index (κ2) is 9.77. The van der Waals surface area contributed by atoms with Gasteiger partial charge in [-0.25, -0.2) is 4.79 Å². The summed E-state index contributed by atoms with van der Waals surface area (Å²) in [6.07, 6.45) is 0.408. The Hall–Kier alpha value is -2.04. The van der Waals surface area contributed by atoms with E-state index in [-0.39, 0.29) is 17.8 Å². The molecular formula is C21H23Cl2NO3. The molecule has 0 unspecified atom stereocenters. The summed E-state index contributed by atoms with van der Waals surface area (Å²) in [7, 11) is 0. The van der Waals surface area contributed by atoms with E-state index in [1.807, 2.05) is 19.9 Å². The maximum atomic E-state index is 12.8. The van der Waals surface area contributed by atoms with Crippen LogP contribution < -0.4 is 4.90 Å². The number of ether oxygens (including phenoxy) is 1. The Morgan fingerprint density at radius 1 is 1.07 bits per heavy atom. The fraction of sp³-hybridized carbons (Fsp3) is 0.333. The maximum absolute atomic E-state index is 12.8. The molecule has 0 aliphatic carbocycles. The molecule has 2 aromatic carbocycles. The minimum absolute atomic E-state index is 0.0140. The summed E-state index contributed by atoms with van der Waals surface area (Å²) in [5.41, 5.74) is 1.94. The Kier molecular flexibility index (Phi) is 7.69. The Morgan fingerprint density at radius 3 is 2.30 bits per heavy atom. The van der Waals surface area contributed by atoms with Crippen molar-refractivity contribution in [3.8, 4) is 0 Å². The van der Waals surface area contributed by atoms with Gasteiger partial charge in [-0.05, 0) is 54.8 Å². The number of anilines is 1. The van der Waals surface area contributed by atoms with Crippen LogP contribution in [0.4, 0.5) is 5.69 Å². The minimum atomic E-state index is -0.384. The molecule has 0 aromatic heterocycles. The van der Waals surface area contributed by atoms with E-state index in [4.69, 9.17) is 27.9 Å². The smallest absolute Gasteiger partial charge is 0.338 e. The summed E-state index contributed by atoms with van der Waals surface area (Å²) >= 11 is 12.3. The fourth-order valence-electron chi connectivity index (χ4n) is 2.60. The largest absolute Gasteiger partial charge is 0.462 e. The molecule has 0 spiro atoms. The molecule has 144 valence electrons. The first-order valence-electron chi connectivity index (χ1n) is 8.83. The SMILES string of the molecule is CCOC(=O)c1ccc(N(Cc2ccc(Cl)cc2Cl)C(=O)CC(C)C)cc1. The van der Waals surface area contributed by atoms with Gasteiger partial charge in [-0.3, -0.25) is 4.79 Å². The molecule has 2 rings (SSSR count). The molecule has 0 N–H and O–H groups in total. The van der Waals surface area contributed by atoms with Gasteiger partial charge in [-0.15, -0.1) is 0 Å². The summed E-state index contributed by atoms with van der Waals surface area (Å²) in [4.78, 5) is 26.3. The lowest BCUT2D eigenvalue weighted by molar-refractivity contribution is -0.119. The number of carbonyl (C=O) groups excluding carboxylic acids is 2. The molecule has 4 nitrogen and oxygen atoms in total. The third-order valence-corrected chi connectivity index (χ3v) is 4.50. The highest BCUT2D eigenvalue weighted by Gasteiger charge is 2.19. The van der Waals surface area contributed by atoms with Crippen LogP contribution in [0.1, 0.15) is 43.1 Å². The van der Waals surface area contributed by atoms with Crippen LogP contribution in [0, 0.1) is 5.92 Å². The van der Waals surface area contributed by atoms with Crippen LogP contribution >= 0.6 is 23.2 Å². The predicted octanol–water partition coefficient (Wildman–Crippen LogP) is 5.75. The number of esters is 1. The van der Waals surface area contributed by atoms with Gasteiger partial charge in [0.15, 0.2) is 0 Å². The first-order valence-corrected chi connectivity index (χ1v) is 9.58. The van der Waals surface area contributed by atoms with E-state index in [2.05, 4.69) is 0 Å². The number of carbonyl (C=O) groups is 2. The zero-order valence-electron chi connectivity index (χ0n) is 15.7. The number of nitrogens with zero attached hydrogens (tertiary/aromatic N) is 1. The van der Waals surface area contributed by atoms with Gasteiger partial charge in [0.1, 0.15) is 0 Å². The molecule has 0 saturated heterocycles. The van der Waals surface area contributed by atoms with E-state index in [9.17, 15) is 9.59 Å². The van der Waals surface area contributed by atoms with Gasteiger partial charge in [0.25, 0.3) is 0 Å². The number of hydrogen-bond donors (Lipinski definition) is 0. The Balaban J connectivity index is 2.31. The van der Waals surface area contributed by atoms with Gasteiger partial charge in [0.2, 0.25) is 5.91 Å². The van der Waals surface area contributed by atoms with Crippen molar-refractivity contribution in [1.82, 2.24) is 0 Å². The van der Waals surface area contributed by atoms with Crippen LogP contribution in [0.15, 0.2) is 42.5 Å². The highest BCUT2D eigenvalue weighted by molar-refractivity contribution is 6.35. The molecule has 27 heavy (non-hydrogen) atoms. The summed E-state index contributed by atoms with van der Waals surface area (Å²) < 4.78 is 5.00. The molecular weight excluding hydrogens is 385 g/mol. The number of amides is 1. The molecule has 0 aliphatic heterocycles. The van der Waals surface area contributed by atoms with Crippen molar-refractivity contribution in [2.24, 2.45) is 5.92 Å². The van der Waals surface area contributed by atoms with Crippen LogP contribution in [-0.2, 0) is 16.1 Å². The van der Waals surface area contributed by atoms with Gasteiger partial charge in [0, 0.05) is 22.2 Å². The lowest BCUT2D eigenvalue weighted by Crippen LogP contribution is -2.31. The van der Waals surface area contributed by atoms with Crippen LogP contribution in [0.25, 0.3) is 0 Å². The Morgan fingerprint density at radius 2 is 1.74 bits per heavy atom. The number of rotatable bonds is 7. The normalized spacial score (nSPS) is 10.7. The van der Waals surface area contributed by atoms with E-state index in [1.54, 1.807) is 48.2 Å². The van der Waals surface area contributed by atoms with Crippen molar-refractivity contribution in [3.63, 3.8) is 0 Å². The Bertz CT molecular complexity index is 804. The van der Waals surface area contributed by atoms with Crippen LogP contribution in [0.3, 0.4) is 0 Å². The molecule has 0 fully saturated rings. The molecule has 0 atom stereocenters. The lowest BCUT2D eigenvalue weighted by atomic mass is 10.1. The van der Waals surface area contributed by atoms with E-state index in [0.29, 0.717) is 40.9 Å². The van der Waals surface area contributed by atoms with Crippen LogP contribution in [-0.4, -0.2) is 18.5 Å². The van der Waals surface area contributed by atoms with E-state index >= 15 is 0 Å². The summed E-state index contributed by atoms with van der Waals surface area (Å²) in [6.45, 7) is 6.38. The molecule has 0 aliphatic rings. The van der Waals surface area contributed by atoms with E-state index in [0.717, 1.165) is 5.56 Å². The second-order valence-electron chi connectivity index (χ2n) is 6.58. The summed E-state index contributed by atoms with van der Waals surface area (Å²) in [6, 6.07) is 12.0. The average Bonchev–Trinajstić information content (AvgIpc) is 2.61. The summed E-state index contributed by atoms with van der Waals surface area (Å²) in [5.74, 6) is -0.177. The van der Waals surface area contributed by atoms with Gasteiger partial charge in [0.05, 0.1) is 18.7 Å². The predicted molar refractivity (Wildman–Crippen MR) is 110 cm³/mol. The quantitative estimate of drug-likeness (QED) is 0.548. The highest BCUT2D eigenvalue weighted by atomic mass is 35.5. The molecule has 0 bridgehead atoms. The number of benzene rings is 2. The number of halogens is 2. The third kappa shape index (κ3) is 5.98. The molecule has 0 saturated carbocycles. The molecule has 1 amide bonds. The van der Waals surface area contributed by atoms with Gasteiger partial charge in [-0.1, -0.05) is 43.1 Å². The van der Waals surface area contributed by atoms with Crippen molar-refractivity contribution in [2.45, 2.75) is 33.7 Å². The van der Waals surface area contributed by atoms with E-state index < -0.39 is 0 Å². The average molecular weight is 408 g/mol. The zero-order valence-corrected chi connectivity index (χ0v) is 17.2. The van der Waals surface area contributed by atoms with Gasteiger partial charge >= 0.3 is 5.97 Å². The van der Waals surface area contributed by atoms with Crippen molar-refractivity contribution in [1.29, 1.82) is 0 Å². The standard InChI is InChI=1S/C21H23Cl2NO3/c1-4-27-21(26)15-6-9-18(10-7-15)24(20(25)11-14(2)3)13-16-5-8-17(22)12-19(16)23/h5-10,12,14H,4,11,13H2,1-3H3. The van der Waals surface area contributed by atoms with Crippen molar-refractivity contribution in [2.75, 3.05) is 11.5 Å². The first kappa shape index (κ1) is 21.3. The monoisotopic (exact) mass is 407 g/mol. The minimum Gasteiger partial charge on any atom is -0.462 e. The molecule has 0 heterocycles. The second-order valence-corrected chi connectivity index (χ2v) is 7.42. The maximum Gasteiger partial charge on any atom is 0.338 e. The van der Waals surface area contributed by atoms with Crippen molar-refractivity contribution < 1.29 is 14.3 Å². The van der Waals surface area contributed by atoms with Gasteiger partial charge in [-0.2, -0.15) is 0 Å². The molecule has 0 radical (unpaired) electrons. The van der Waals surface area contributed by atoms with Crippen LogP contribution in [0.5, 0.6) is 0 Å².